The van der Waals surface area contributed by atoms with Crippen molar-refractivity contribution in [2.45, 2.75) is 44.1 Å². The van der Waals surface area contributed by atoms with Crippen molar-refractivity contribution in [3.05, 3.63) is 17.0 Å². The lowest BCUT2D eigenvalue weighted by Gasteiger charge is -2.34. The van der Waals surface area contributed by atoms with Crippen LogP contribution in [0.3, 0.4) is 0 Å². The van der Waals surface area contributed by atoms with Gasteiger partial charge in [-0.2, -0.15) is 0 Å². The highest BCUT2D eigenvalue weighted by Crippen LogP contribution is 2.39. The summed E-state index contributed by atoms with van der Waals surface area (Å²) in [6, 6.07) is 1.80. The average Bonchev–Trinajstić information content (AvgIpc) is 3.12. The van der Waals surface area contributed by atoms with Gasteiger partial charge in [-0.15, -0.1) is 0 Å². The van der Waals surface area contributed by atoms with Gasteiger partial charge in [-0.25, -0.2) is 9.97 Å². The van der Waals surface area contributed by atoms with Gasteiger partial charge in [0.05, 0.1) is 12.1 Å². The van der Waals surface area contributed by atoms with Crippen molar-refractivity contribution < 1.29 is 4.74 Å². The van der Waals surface area contributed by atoms with Crippen LogP contribution in [0.5, 0.6) is 0 Å². The predicted octanol–water partition coefficient (Wildman–Crippen LogP) is 2.99. The van der Waals surface area contributed by atoms with Crippen LogP contribution in [0.15, 0.2) is 6.07 Å². The van der Waals surface area contributed by atoms with E-state index < -0.39 is 0 Å². The largest absolute Gasteiger partial charge is 0.379 e. The molecule has 1 aliphatic carbocycles. The maximum atomic E-state index is 6.06. The lowest BCUT2D eigenvalue weighted by molar-refractivity contribution is 0.0539. The van der Waals surface area contributed by atoms with E-state index in [4.69, 9.17) is 16.3 Å². The highest BCUT2D eigenvalue weighted by Gasteiger charge is 2.30. The van der Waals surface area contributed by atoms with Gasteiger partial charge in [0, 0.05) is 18.6 Å². The molecule has 2 heterocycles. The van der Waals surface area contributed by atoms with Crippen molar-refractivity contribution in [3.8, 4) is 0 Å². The molecule has 1 saturated heterocycles. The maximum Gasteiger partial charge on any atom is 0.135 e. The van der Waals surface area contributed by atoms with E-state index in [1.165, 1.54) is 12.8 Å². The lowest BCUT2D eigenvalue weighted by atomic mass is 9.95. The quantitative estimate of drug-likeness (QED) is 0.856. The van der Waals surface area contributed by atoms with E-state index in [0.29, 0.717) is 17.7 Å². The van der Waals surface area contributed by atoms with E-state index in [2.05, 4.69) is 22.2 Å². The van der Waals surface area contributed by atoms with E-state index in [1.807, 2.05) is 0 Å². The van der Waals surface area contributed by atoms with Crippen molar-refractivity contribution >= 4 is 17.4 Å². The average molecular weight is 268 g/mol. The number of nitrogens with zero attached hydrogens (tertiary/aromatic N) is 2. The molecule has 1 unspecified atom stereocenters. The second-order valence-corrected chi connectivity index (χ2v) is 5.94. The minimum Gasteiger partial charge on any atom is -0.379 e. The summed E-state index contributed by atoms with van der Waals surface area (Å²) in [7, 11) is 0. The van der Waals surface area contributed by atoms with E-state index in [-0.39, 0.29) is 5.54 Å². The van der Waals surface area contributed by atoms with E-state index in [1.54, 1.807) is 6.07 Å². The number of rotatable bonds is 3. The molecular formula is C13H18ClN3O. The number of hydrogen-bond acceptors (Lipinski definition) is 4. The Hall–Kier alpha value is -0.870. The van der Waals surface area contributed by atoms with Crippen molar-refractivity contribution in [3.63, 3.8) is 0 Å². The van der Waals surface area contributed by atoms with Crippen LogP contribution in [0.2, 0.25) is 5.15 Å². The third-order valence-corrected chi connectivity index (χ3v) is 3.72. The summed E-state index contributed by atoms with van der Waals surface area (Å²) < 4.78 is 5.54. The SMILES string of the molecule is CC1(Nc2cc(Cl)nc(C3CC3)n2)CCCOC1. The molecule has 5 heteroatoms. The first-order valence-corrected chi connectivity index (χ1v) is 6.93. The van der Waals surface area contributed by atoms with Crippen LogP contribution in [-0.4, -0.2) is 28.7 Å². The fourth-order valence-electron chi connectivity index (χ4n) is 2.37. The molecule has 1 atom stereocenters. The molecule has 0 aromatic carbocycles. The third-order valence-electron chi connectivity index (χ3n) is 3.52. The van der Waals surface area contributed by atoms with Gasteiger partial charge < -0.3 is 10.1 Å². The fraction of sp³-hybridized carbons (Fsp3) is 0.692. The van der Waals surface area contributed by atoms with Crippen LogP contribution >= 0.6 is 11.6 Å². The molecule has 0 bridgehead atoms. The van der Waals surface area contributed by atoms with Gasteiger partial charge in [0.2, 0.25) is 0 Å². The molecule has 1 saturated carbocycles. The van der Waals surface area contributed by atoms with Gasteiger partial charge in [-0.3, -0.25) is 0 Å². The van der Waals surface area contributed by atoms with Gasteiger partial charge in [0.1, 0.15) is 16.8 Å². The predicted molar refractivity (Wildman–Crippen MR) is 71.1 cm³/mol. The van der Waals surface area contributed by atoms with Crippen LogP contribution in [0.1, 0.15) is 44.3 Å². The Morgan fingerprint density at radius 1 is 1.44 bits per heavy atom. The third kappa shape index (κ3) is 2.75. The Balaban J connectivity index is 1.78. The zero-order chi connectivity index (χ0) is 12.6. The summed E-state index contributed by atoms with van der Waals surface area (Å²) in [5, 5.41) is 3.98. The number of aromatic nitrogens is 2. The molecule has 18 heavy (non-hydrogen) atoms. The van der Waals surface area contributed by atoms with Crippen molar-refractivity contribution in [2.24, 2.45) is 0 Å². The molecule has 4 nitrogen and oxygen atoms in total. The summed E-state index contributed by atoms with van der Waals surface area (Å²) in [6.07, 6.45) is 4.53. The first-order chi connectivity index (χ1) is 8.65. The van der Waals surface area contributed by atoms with Crippen LogP contribution < -0.4 is 5.32 Å². The number of halogens is 1. The second kappa shape index (κ2) is 4.67. The summed E-state index contributed by atoms with van der Waals surface area (Å²) in [6.45, 7) is 3.74. The molecule has 2 fully saturated rings. The van der Waals surface area contributed by atoms with E-state index in [9.17, 15) is 0 Å². The highest BCUT2D eigenvalue weighted by atomic mass is 35.5. The summed E-state index contributed by atoms with van der Waals surface area (Å²) in [4.78, 5) is 8.87. The minimum atomic E-state index is -0.0449. The van der Waals surface area contributed by atoms with Crippen LogP contribution in [-0.2, 0) is 4.74 Å². The van der Waals surface area contributed by atoms with Gasteiger partial charge in [0.15, 0.2) is 0 Å². The Morgan fingerprint density at radius 2 is 2.28 bits per heavy atom. The van der Waals surface area contributed by atoms with E-state index in [0.717, 1.165) is 31.1 Å². The molecule has 3 rings (SSSR count). The minimum absolute atomic E-state index is 0.0449. The normalized spacial score (nSPS) is 28.1. The fourth-order valence-corrected chi connectivity index (χ4v) is 2.56. The van der Waals surface area contributed by atoms with Crippen LogP contribution in [0.4, 0.5) is 5.82 Å². The number of ether oxygens (including phenoxy) is 1. The number of hydrogen-bond donors (Lipinski definition) is 1. The zero-order valence-electron chi connectivity index (χ0n) is 10.6. The molecule has 2 aliphatic rings. The topological polar surface area (TPSA) is 47.0 Å². The Kier molecular flexibility index (Phi) is 3.16. The van der Waals surface area contributed by atoms with Crippen LogP contribution in [0.25, 0.3) is 0 Å². The Labute approximate surface area is 112 Å². The maximum absolute atomic E-state index is 6.06. The van der Waals surface area contributed by atoms with Crippen LogP contribution in [0, 0.1) is 0 Å². The van der Waals surface area contributed by atoms with Crippen molar-refractivity contribution in [1.29, 1.82) is 0 Å². The molecule has 0 radical (unpaired) electrons. The van der Waals surface area contributed by atoms with E-state index >= 15 is 0 Å². The molecule has 1 aromatic heterocycles. The molecular weight excluding hydrogens is 250 g/mol. The highest BCUT2D eigenvalue weighted by molar-refractivity contribution is 6.29. The van der Waals surface area contributed by atoms with Gasteiger partial charge in [-0.1, -0.05) is 11.6 Å². The smallest absolute Gasteiger partial charge is 0.135 e. The summed E-state index contributed by atoms with van der Waals surface area (Å²) >= 11 is 6.06. The molecule has 98 valence electrons. The molecule has 1 aromatic rings. The number of nitrogens with one attached hydrogen (secondary N) is 1. The second-order valence-electron chi connectivity index (χ2n) is 5.55. The Morgan fingerprint density at radius 3 is 2.94 bits per heavy atom. The molecule has 1 aliphatic heterocycles. The zero-order valence-corrected chi connectivity index (χ0v) is 11.3. The van der Waals surface area contributed by atoms with Gasteiger partial charge in [-0.05, 0) is 32.6 Å². The lowest BCUT2D eigenvalue weighted by Crippen LogP contribution is -2.43. The first kappa shape index (κ1) is 12.2. The first-order valence-electron chi connectivity index (χ1n) is 6.55. The summed E-state index contributed by atoms with van der Waals surface area (Å²) in [5.41, 5.74) is -0.0449. The van der Waals surface area contributed by atoms with Crippen molar-refractivity contribution in [2.75, 3.05) is 18.5 Å². The van der Waals surface area contributed by atoms with Gasteiger partial charge >= 0.3 is 0 Å². The monoisotopic (exact) mass is 267 g/mol. The molecule has 0 amide bonds. The van der Waals surface area contributed by atoms with Crippen molar-refractivity contribution in [1.82, 2.24) is 9.97 Å². The molecule has 0 spiro atoms. The standard InChI is InChI=1S/C13H18ClN3O/c1-13(5-2-6-18-8-13)17-11-7-10(14)15-12(16-11)9-3-4-9/h7,9H,2-6,8H2,1H3,(H,15,16,17). The van der Waals surface area contributed by atoms with Gasteiger partial charge in [0.25, 0.3) is 0 Å². The Bertz CT molecular complexity index is 442. The molecule has 1 N–H and O–H groups in total. The number of anilines is 1. The summed E-state index contributed by atoms with van der Waals surface area (Å²) in [5.74, 6) is 2.22.